The van der Waals surface area contributed by atoms with Crippen LogP contribution >= 0.6 is 0 Å². The van der Waals surface area contributed by atoms with E-state index in [1.807, 2.05) is 0 Å². The lowest BCUT2D eigenvalue weighted by molar-refractivity contribution is -0.140. The van der Waals surface area contributed by atoms with Crippen LogP contribution in [0.25, 0.3) is 0 Å². The van der Waals surface area contributed by atoms with Crippen molar-refractivity contribution in [3.63, 3.8) is 0 Å². The van der Waals surface area contributed by atoms with Gasteiger partial charge in [0.25, 0.3) is 0 Å². The molecule has 1 saturated carbocycles. The molecule has 7 nitrogen and oxygen atoms in total. The maximum Gasteiger partial charge on any atom is 0.319 e. The third-order valence-electron chi connectivity index (χ3n) is 5.82. The number of fused-ring (bicyclic) bond motifs is 1. The van der Waals surface area contributed by atoms with E-state index >= 15 is 0 Å². The monoisotopic (exact) mass is 369 g/mol. The van der Waals surface area contributed by atoms with E-state index in [1.54, 1.807) is 31.4 Å². The fourth-order valence-electron chi connectivity index (χ4n) is 4.49. The number of benzene rings is 1. The van der Waals surface area contributed by atoms with Gasteiger partial charge in [-0.3, -0.25) is 14.5 Å². The van der Waals surface area contributed by atoms with E-state index in [1.165, 1.54) is 4.90 Å². The zero-order valence-electron chi connectivity index (χ0n) is 15.2. The maximum atomic E-state index is 12.7. The number of likely N-dealkylation sites (tertiary alicyclic amines) is 1. The zero-order valence-corrected chi connectivity index (χ0v) is 15.2. The second-order valence-corrected chi connectivity index (χ2v) is 7.28. The lowest BCUT2D eigenvalue weighted by atomic mass is 9.63. The molecule has 1 heterocycles. The Hall–Kier alpha value is -2.83. The van der Waals surface area contributed by atoms with Gasteiger partial charge >= 0.3 is 6.03 Å². The number of amides is 4. The number of hydrogen-bond acceptors (Lipinski definition) is 4. The summed E-state index contributed by atoms with van der Waals surface area (Å²) in [7, 11) is 1.58. The minimum atomic E-state index is -0.376. The SMILES string of the molecule is COc1ccc(NC(=O)NCCN2C(=O)[C@H]3[C@H](C2=O)[C@H]2C=C[C@H]3CC2)cc1. The molecule has 1 aromatic rings. The normalized spacial score (nSPS) is 28.3. The van der Waals surface area contributed by atoms with E-state index in [0.29, 0.717) is 11.4 Å². The first-order chi connectivity index (χ1) is 13.1. The Morgan fingerprint density at radius 2 is 1.67 bits per heavy atom. The van der Waals surface area contributed by atoms with Crippen molar-refractivity contribution in [1.82, 2.24) is 10.2 Å². The number of carbonyl (C=O) groups is 3. The van der Waals surface area contributed by atoms with Crippen LogP contribution in [0.4, 0.5) is 10.5 Å². The van der Waals surface area contributed by atoms with Gasteiger partial charge in [-0.1, -0.05) is 12.2 Å². The molecule has 7 heteroatoms. The van der Waals surface area contributed by atoms with Crippen LogP contribution in [0.1, 0.15) is 12.8 Å². The van der Waals surface area contributed by atoms with Crippen molar-refractivity contribution in [2.75, 3.05) is 25.5 Å². The Morgan fingerprint density at radius 1 is 1.07 bits per heavy atom. The van der Waals surface area contributed by atoms with Crippen molar-refractivity contribution in [3.8, 4) is 5.75 Å². The summed E-state index contributed by atoms with van der Waals surface area (Å²) in [5, 5.41) is 5.42. The molecule has 1 aromatic carbocycles. The summed E-state index contributed by atoms with van der Waals surface area (Å²) < 4.78 is 5.07. The third-order valence-corrected chi connectivity index (χ3v) is 5.82. The molecule has 0 spiro atoms. The number of rotatable bonds is 5. The summed E-state index contributed by atoms with van der Waals surface area (Å²) in [4.78, 5) is 38.7. The van der Waals surface area contributed by atoms with Gasteiger partial charge in [-0.05, 0) is 48.9 Å². The predicted molar refractivity (Wildman–Crippen MR) is 99.1 cm³/mol. The van der Waals surface area contributed by atoms with Crippen molar-refractivity contribution in [1.29, 1.82) is 0 Å². The van der Waals surface area contributed by atoms with Crippen molar-refractivity contribution in [2.24, 2.45) is 23.7 Å². The molecule has 142 valence electrons. The molecule has 4 aliphatic rings. The van der Waals surface area contributed by atoms with Gasteiger partial charge in [-0.15, -0.1) is 0 Å². The van der Waals surface area contributed by atoms with E-state index in [9.17, 15) is 14.4 Å². The van der Waals surface area contributed by atoms with Gasteiger partial charge in [0, 0.05) is 18.8 Å². The molecule has 2 bridgehead atoms. The quantitative estimate of drug-likeness (QED) is 0.614. The van der Waals surface area contributed by atoms with Gasteiger partial charge in [-0.2, -0.15) is 0 Å². The fourth-order valence-corrected chi connectivity index (χ4v) is 4.49. The van der Waals surface area contributed by atoms with Gasteiger partial charge < -0.3 is 15.4 Å². The Bertz CT molecular complexity index is 757. The number of methoxy groups -OCH3 is 1. The summed E-state index contributed by atoms with van der Waals surface area (Å²) in [6, 6.07) is 6.60. The second-order valence-electron chi connectivity index (χ2n) is 7.28. The van der Waals surface area contributed by atoms with Crippen LogP contribution in [0.3, 0.4) is 0 Å². The van der Waals surface area contributed by atoms with Gasteiger partial charge in [0.05, 0.1) is 18.9 Å². The van der Waals surface area contributed by atoms with Gasteiger partial charge in [0.15, 0.2) is 0 Å². The van der Waals surface area contributed by atoms with Gasteiger partial charge in [0.1, 0.15) is 5.75 Å². The molecule has 4 atom stereocenters. The summed E-state index contributed by atoms with van der Waals surface area (Å²) in [6.45, 7) is 0.432. The van der Waals surface area contributed by atoms with Crippen molar-refractivity contribution in [3.05, 3.63) is 36.4 Å². The minimum Gasteiger partial charge on any atom is -0.497 e. The standard InChI is InChI=1S/C20H23N3O4/c1-27-15-8-6-14(7-9-15)22-20(26)21-10-11-23-18(24)16-12-2-3-13(5-4-12)17(16)19(23)25/h2-3,6-9,12-13,16-17H,4-5,10-11H2,1H3,(H2,21,22,26)/t12-,13-,16+,17+/m0/s1. The van der Waals surface area contributed by atoms with Gasteiger partial charge in [-0.25, -0.2) is 4.79 Å². The van der Waals surface area contributed by atoms with Crippen LogP contribution in [0.5, 0.6) is 5.75 Å². The van der Waals surface area contributed by atoms with Crippen LogP contribution in [0.15, 0.2) is 36.4 Å². The Kier molecular flexibility index (Phi) is 4.59. The number of hydrogen-bond donors (Lipinski definition) is 2. The summed E-state index contributed by atoms with van der Waals surface area (Å²) in [5.74, 6) is 0.518. The fraction of sp³-hybridized carbons (Fsp3) is 0.450. The Balaban J connectivity index is 1.29. The number of urea groups is 1. The molecule has 3 aliphatic carbocycles. The first-order valence-corrected chi connectivity index (χ1v) is 9.31. The molecule has 0 aromatic heterocycles. The molecule has 5 rings (SSSR count). The Morgan fingerprint density at radius 3 is 2.19 bits per heavy atom. The van der Waals surface area contributed by atoms with Crippen molar-refractivity contribution in [2.45, 2.75) is 12.8 Å². The lowest BCUT2D eigenvalue weighted by Gasteiger charge is -2.38. The highest BCUT2D eigenvalue weighted by atomic mass is 16.5. The maximum absolute atomic E-state index is 12.7. The molecule has 1 aliphatic heterocycles. The molecule has 4 amide bonds. The van der Waals surface area contributed by atoms with Gasteiger partial charge in [0.2, 0.25) is 11.8 Å². The van der Waals surface area contributed by atoms with E-state index in [4.69, 9.17) is 4.74 Å². The highest BCUT2D eigenvalue weighted by Crippen LogP contribution is 2.49. The lowest BCUT2D eigenvalue weighted by Crippen LogP contribution is -2.40. The number of nitrogens with one attached hydrogen (secondary N) is 2. The van der Waals surface area contributed by atoms with E-state index < -0.39 is 0 Å². The molecule has 2 fully saturated rings. The molecule has 1 saturated heterocycles. The Labute approximate surface area is 157 Å². The van der Waals surface area contributed by atoms with Crippen LogP contribution in [-0.2, 0) is 9.59 Å². The van der Waals surface area contributed by atoms with Crippen LogP contribution in [0, 0.1) is 23.7 Å². The average Bonchev–Trinajstić information content (AvgIpc) is 2.96. The number of anilines is 1. The second kappa shape index (κ2) is 7.06. The zero-order chi connectivity index (χ0) is 19.0. The molecular weight excluding hydrogens is 346 g/mol. The van der Waals surface area contributed by atoms with Crippen molar-refractivity contribution >= 4 is 23.5 Å². The number of allylic oxidation sites excluding steroid dienone is 2. The number of nitrogens with zero attached hydrogens (tertiary/aromatic N) is 1. The van der Waals surface area contributed by atoms with E-state index in [-0.39, 0.29) is 54.6 Å². The number of ether oxygens (including phenoxy) is 1. The van der Waals surface area contributed by atoms with E-state index in [0.717, 1.165) is 12.8 Å². The highest BCUT2D eigenvalue weighted by Gasteiger charge is 2.56. The number of imide groups is 1. The predicted octanol–water partition coefficient (Wildman–Crippen LogP) is 2.01. The van der Waals surface area contributed by atoms with Crippen LogP contribution < -0.4 is 15.4 Å². The average molecular weight is 369 g/mol. The van der Waals surface area contributed by atoms with Crippen LogP contribution in [-0.4, -0.2) is 42.9 Å². The molecule has 0 unspecified atom stereocenters. The molecule has 27 heavy (non-hydrogen) atoms. The van der Waals surface area contributed by atoms with E-state index in [2.05, 4.69) is 22.8 Å². The van der Waals surface area contributed by atoms with Crippen molar-refractivity contribution < 1.29 is 19.1 Å². The third kappa shape index (κ3) is 3.18. The minimum absolute atomic E-state index is 0.0820. The summed E-state index contributed by atoms with van der Waals surface area (Å²) >= 11 is 0. The first-order valence-electron chi connectivity index (χ1n) is 9.31. The highest BCUT2D eigenvalue weighted by molar-refractivity contribution is 6.06. The number of carbonyl (C=O) groups excluding carboxylic acids is 3. The summed E-state index contributed by atoms with van der Waals surface area (Å²) in [5.41, 5.74) is 0.635. The summed E-state index contributed by atoms with van der Waals surface area (Å²) in [6.07, 6.45) is 6.17. The smallest absolute Gasteiger partial charge is 0.319 e. The molecular formula is C20H23N3O4. The topological polar surface area (TPSA) is 87.7 Å². The van der Waals surface area contributed by atoms with Crippen LogP contribution in [0.2, 0.25) is 0 Å². The molecule has 2 N–H and O–H groups in total. The largest absolute Gasteiger partial charge is 0.497 e. The molecule has 0 radical (unpaired) electrons. The first kappa shape index (κ1) is 17.6.